The van der Waals surface area contributed by atoms with Crippen LogP contribution in [-0.4, -0.2) is 17.3 Å². The third kappa shape index (κ3) is 3.50. The normalized spacial score (nSPS) is 50.7. The molecule has 0 bridgehead atoms. The topological polar surface area (TPSA) is 29.5 Å². The smallest absolute Gasteiger partial charge is 0.0793 e. The van der Waals surface area contributed by atoms with E-state index < -0.39 is 5.60 Å². The van der Waals surface area contributed by atoms with Crippen molar-refractivity contribution in [1.82, 2.24) is 0 Å². The van der Waals surface area contributed by atoms with E-state index in [-0.39, 0.29) is 0 Å². The van der Waals surface area contributed by atoms with Gasteiger partial charge in [-0.15, -0.1) is 0 Å². The number of hydrogen-bond donors (Lipinski definition) is 1. The SMILES string of the molecule is CC(=C1CCC1)[C@H]1CC[C@H]2[C@@H]3CC[C@H]4C[C@](C)(O)CC[C@]4(COPI)[C@H]3CC[C@]12C. The van der Waals surface area contributed by atoms with E-state index in [0.717, 1.165) is 43.1 Å². The zero-order chi connectivity index (χ0) is 21.1. The molecule has 5 saturated carbocycles. The molecule has 5 fully saturated rings. The summed E-state index contributed by atoms with van der Waals surface area (Å²) in [6.07, 6.45) is 15.8. The Kier molecular flexibility index (Phi) is 6.21. The maximum atomic E-state index is 10.9. The average Bonchev–Trinajstić information content (AvgIpc) is 3.02. The molecule has 1 unspecified atom stereocenters. The lowest BCUT2D eigenvalue weighted by Gasteiger charge is -2.62. The Morgan fingerprint density at radius 1 is 1.07 bits per heavy atom. The van der Waals surface area contributed by atoms with Gasteiger partial charge in [0.05, 0.1) is 18.7 Å². The van der Waals surface area contributed by atoms with Crippen molar-refractivity contribution in [2.45, 2.75) is 103 Å². The quantitative estimate of drug-likeness (QED) is 0.222. The molecule has 2 nitrogen and oxygen atoms in total. The number of fused-ring (bicyclic) bond motifs is 5. The lowest BCUT2D eigenvalue weighted by atomic mass is 9.43. The monoisotopic (exact) mass is 544 g/mol. The molecule has 0 spiro atoms. The Morgan fingerprint density at radius 2 is 1.87 bits per heavy atom. The molecule has 0 aromatic rings. The van der Waals surface area contributed by atoms with Crippen LogP contribution in [0.3, 0.4) is 0 Å². The van der Waals surface area contributed by atoms with E-state index in [1.54, 1.807) is 5.57 Å². The third-order valence-electron chi connectivity index (χ3n) is 11.1. The summed E-state index contributed by atoms with van der Waals surface area (Å²) in [4.78, 5) is 0. The van der Waals surface area contributed by atoms with Crippen molar-refractivity contribution in [3.05, 3.63) is 11.1 Å². The Morgan fingerprint density at radius 3 is 2.57 bits per heavy atom. The predicted octanol–water partition coefficient (Wildman–Crippen LogP) is 7.84. The fraction of sp³-hybridized carbons (Fsp3) is 0.923. The first kappa shape index (κ1) is 22.6. The molecule has 0 aromatic heterocycles. The zero-order valence-corrected chi connectivity index (χ0v) is 22.5. The minimum atomic E-state index is -0.457. The molecule has 0 aliphatic heterocycles. The Hall–Kier alpha value is 0.820. The van der Waals surface area contributed by atoms with Crippen molar-refractivity contribution in [1.29, 1.82) is 0 Å². The van der Waals surface area contributed by atoms with Crippen LogP contribution in [0.4, 0.5) is 0 Å². The largest absolute Gasteiger partial charge is 0.390 e. The van der Waals surface area contributed by atoms with Crippen molar-refractivity contribution < 1.29 is 9.63 Å². The second kappa shape index (κ2) is 8.24. The first-order valence-corrected chi connectivity index (χ1v) is 16.7. The first-order chi connectivity index (χ1) is 14.3. The molecule has 0 aromatic carbocycles. The third-order valence-corrected chi connectivity index (χ3v) is 12.3. The van der Waals surface area contributed by atoms with Crippen LogP contribution in [0.15, 0.2) is 11.1 Å². The summed E-state index contributed by atoms with van der Waals surface area (Å²) < 4.78 is 6.23. The van der Waals surface area contributed by atoms with Crippen LogP contribution in [0.1, 0.15) is 97.8 Å². The number of halogens is 1. The Labute approximate surface area is 199 Å². The van der Waals surface area contributed by atoms with Gasteiger partial charge >= 0.3 is 0 Å². The lowest BCUT2D eigenvalue weighted by Crippen LogP contribution is -2.58. The maximum Gasteiger partial charge on any atom is 0.0793 e. The van der Waals surface area contributed by atoms with Crippen molar-refractivity contribution in [3.8, 4) is 0 Å². The highest BCUT2D eigenvalue weighted by Gasteiger charge is 2.62. The van der Waals surface area contributed by atoms with Crippen molar-refractivity contribution in [2.75, 3.05) is 6.61 Å². The van der Waals surface area contributed by atoms with E-state index in [1.807, 2.05) is 5.57 Å². The van der Waals surface area contributed by atoms with Gasteiger partial charge in [-0.25, -0.2) is 0 Å². The van der Waals surface area contributed by atoms with Gasteiger partial charge in [-0.2, -0.15) is 0 Å². The van der Waals surface area contributed by atoms with Gasteiger partial charge in [-0.05, 0) is 148 Å². The van der Waals surface area contributed by atoms with E-state index in [1.165, 1.54) is 64.2 Å². The second-order valence-electron chi connectivity index (χ2n) is 12.3. The van der Waals surface area contributed by atoms with Crippen LogP contribution < -0.4 is 0 Å². The maximum absolute atomic E-state index is 10.9. The average molecular weight is 544 g/mol. The number of hydrogen-bond acceptors (Lipinski definition) is 2. The molecule has 5 aliphatic rings. The Balaban J connectivity index is 1.43. The molecule has 170 valence electrons. The highest BCUT2D eigenvalue weighted by atomic mass is 127. The van der Waals surface area contributed by atoms with Gasteiger partial charge in [-0.3, -0.25) is 0 Å². The molecular weight excluding hydrogens is 502 g/mol. The molecule has 5 aliphatic carbocycles. The van der Waals surface area contributed by atoms with E-state index in [0.29, 0.717) is 23.2 Å². The summed E-state index contributed by atoms with van der Waals surface area (Å²) >= 11 is 2.40. The van der Waals surface area contributed by atoms with Crippen LogP contribution in [0.5, 0.6) is 0 Å². The van der Waals surface area contributed by atoms with Crippen molar-refractivity contribution in [3.63, 3.8) is 0 Å². The summed E-state index contributed by atoms with van der Waals surface area (Å²) in [6, 6.07) is 0. The molecule has 9 atom stereocenters. The molecule has 30 heavy (non-hydrogen) atoms. The van der Waals surface area contributed by atoms with Gasteiger partial charge in [0.15, 0.2) is 0 Å². The summed E-state index contributed by atoms with van der Waals surface area (Å²) in [6.45, 7) is 8.77. The van der Waals surface area contributed by atoms with Gasteiger partial charge in [0.25, 0.3) is 0 Å². The minimum absolute atomic E-state index is 0.338. The van der Waals surface area contributed by atoms with Crippen LogP contribution in [0, 0.1) is 40.4 Å². The summed E-state index contributed by atoms with van der Waals surface area (Å²) in [5.74, 6) is 4.16. The minimum Gasteiger partial charge on any atom is -0.390 e. The molecule has 1 N–H and O–H groups in total. The number of rotatable bonds is 4. The van der Waals surface area contributed by atoms with Crippen molar-refractivity contribution >= 4 is 28.5 Å². The predicted molar refractivity (Wildman–Crippen MR) is 135 cm³/mol. The standard InChI is InChI=1S/C26H42IO2P/c1-17(18-5-4-6-18)21-9-10-22-20-8-7-19-15-24(2,28)13-14-26(19,16-29-30-27)23(20)11-12-25(21,22)3/h19-23,28,30H,4-16H2,1-3H3/t19-,20-,21+,22-,23-,24+,25+,26+/m0/s1. The molecular formula is C26H42IO2P. The lowest BCUT2D eigenvalue weighted by molar-refractivity contribution is -0.164. The van der Waals surface area contributed by atoms with Crippen LogP contribution >= 0.6 is 28.5 Å². The van der Waals surface area contributed by atoms with Gasteiger partial charge < -0.3 is 9.63 Å². The fourth-order valence-corrected chi connectivity index (χ4v) is 10.2. The van der Waals surface area contributed by atoms with Gasteiger partial charge in [0, 0.05) is 5.41 Å². The van der Waals surface area contributed by atoms with Crippen molar-refractivity contribution in [2.24, 2.45) is 40.4 Å². The first-order valence-electron chi connectivity index (χ1n) is 12.7. The number of aliphatic hydroxyl groups is 1. The number of allylic oxidation sites excluding steroid dienone is 2. The molecule has 0 radical (unpaired) electrons. The molecule has 0 heterocycles. The van der Waals surface area contributed by atoms with Crippen LogP contribution in [-0.2, 0) is 4.52 Å². The van der Waals surface area contributed by atoms with Crippen LogP contribution in [0.25, 0.3) is 0 Å². The highest BCUT2D eigenvalue weighted by Crippen LogP contribution is 2.69. The van der Waals surface area contributed by atoms with Gasteiger partial charge in [0.2, 0.25) is 0 Å². The van der Waals surface area contributed by atoms with Crippen LogP contribution in [0.2, 0.25) is 0 Å². The second-order valence-corrected chi connectivity index (χ2v) is 14.0. The molecule has 5 rings (SSSR count). The van der Waals surface area contributed by atoms with E-state index in [2.05, 4.69) is 42.8 Å². The summed E-state index contributed by atoms with van der Waals surface area (Å²) in [7, 11) is 0. The van der Waals surface area contributed by atoms with E-state index >= 15 is 0 Å². The van der Waals surface area contributed by atoms with E-state index in [9.17, 15) is 5.11 Å². The van der Waals surface area contributed by atoms with Gasteiger partial charge in [-0.1, -0.05) is 18.1 Å². The molecule has 4 heteroatoms. The summed E-state index contributed by atoms with van der Waals surface area (Å²) in [5, 5.41) is 10.9. The summed E-state index contributed by atoms with van der Waals surface area (Å²) in [5.41, 5.74) is 4.03. The molecule has 0 saturated heterocycles. The van der Waals surface area contributed by atoms with E-state index in [4.69, 9.17) is 4.52 Å². The Bertz CT molecular complexity index is 699. The molecule has 0 amide bonds. The fourth-order valence-electron chi connectivity index (χ4n) is 9.38. The highest BCUT2D eigenvalue weighted by molar-refractivity contribution is 14.2. The van der Waals surface area contributed by atoms with Gasteiger partial charge in [0.1, 0.15) is 0 Å². The zero-order valence-electron chi connectivity index (χ0n) is 19.3.